The lowest BCUT2D eigenvalue weighted by molar-refractivity contribution is 0.254. The van der Waals surface area contributed by atoms with Crippen LogP contribution in [-0.4, -0.2) is 6.08 Å². The number of nitrogens with zero attached hydrogens (tertiary/aromatic N) is 1. The van der Waals surface area contributed by atoms with Crippen LogP contribution in [0.3, 0.4) is 0 Å². The van der Waals surface area contributed by atoms with Crippen LogP contribution in [-0.2, 0) is 10.3 Å². The molecule has 0 amide bonds. The summed E-state index contributed by atoms with van der Waals surface area (Å²) < 4.78 is 0. The van der Waals surface area contributed by atoms with Crippen molar-refractivity contribution in [3.8, 4) is 0 Å². The highest BCUT2D eigenvalue weighted by Gasteiger charge is 2.40. The molecule has 1 saturated carbocycles. The van der Waals surface area contributed by atoms with E-state index < -0.39 is 0 Å². The zero-order valence-corrected chi connectivity index (χ0v) is 11.1. The molecule has 0 bridgehead atoms. The summed E-state index contributed by atoms with van der Waals surface area (Å²) in [6.07, 6.45) is 4.87. The molecule has 1 fully saturated rings. The number of aliphatic imine (C=N–C) groups is 1. The molecule has 17 heavy (non-hydrogen) atoms. The fourth-order valence-corrected chi connectivity index (χ4v) is 2.74. The monoisotopic (exact) mass is 229 g/mol. The summed E-state index contributed by atoms with van der Waals surface area (Å²) in [6, 6.07) is 2.21. The molecular weight excluding hydrogens is 210 g/mol. The van der Waals surface area contributed by atoms with Crippen LogP contribution >= 0.6 is 0 Å². The van der Waals surface area contributed by atoms with Crippen molar-refractivity contribution in [1.82, 2.24) is 0 Å². The largest absolute Gasteiger partial charge is 0.235 e. The molecule has 1 aliphatic carbocycles. The van der Waals surface area contributed by atoms with Crippen molar-refractivity contribution >= 4 is 6.08 Å². The lowest BCUT2D eigenvalue weighted by Crippen LogP contribution is -2.33. The van der Waals surface area contributed by atoms with Gasteiger partial charge in [0.15, 0.2) is 0 Å². The van der Waals surface area contributed by atoms with Crippen LogP contribution in [0.25, 0.3) is 0 Å². The summed E-state index contributed by atoms with van der Waals surface area (Å²) in [5, 5.41) is 0. The minimum Gasteiger partial charge on any atom is -0.211 e. The molecule has 90 valence electrons. The molecule has 2 nitrogen and oxygen atoms in total. The van der Waals surface area contributed by atoms with Gasteiger partial charge in [0.2, 0.25) is 6.08 Å². The summed E-state index contributed by atoms with van der Waals surface area (Å²) in [4.78, 5) is 14.7. The van der Waals surface area contributed by atoms with Gasteiger partial charge in [-0.2, -0.15) is 4.99 Å². The molecule has 0 radical (unpaired) electrons. The summed E-state index contributed by atoms with van der Waals surface area (Å²) in [5.41, 5.74) is 6.20. The summed E-state index contributed by atoms with van der Waals surface area (Å²) >= 11 is 0. The van der Waals surface area contributed by atoms with Crippen molar-refractivity contribution in [3.63, 3.8) is 0 Å². The van der Waals surface area contributed by atoms with E-state index in [4.69, 9.17) is 0 Å². The average Bonchev–Trinajstić information content (AvgIpc) is 2.26. The fourth-order valence-electron chi connectivity index (χ4n) is 2.74. The van der Waals surface area contributed by atoms with E-state index in [0.717, 1.165) is 19.3 Å². The van der Waals surface area contributed by atoms with Crippen molar-refractivity contribution in [2.75, 3.05) is 0 Å². The van der Waals surface area contributed by atoms with Gasteiger partial charge in [-0.25, -0.2) is 4.79 Å². The highest BCUT2D eigenvalue weighted by molar-refractivity contribution is 5.49. The molecule has 0 saturated heterocycles. The molecule has 0 unspecified atom stereocenters. The van der Waals surface area contributed by atoms with E-state index in [9.17, 15) is 4.79 Å². The number of benzene rings is 1. The maximum absolute atomic E-state index is 10.6. The standard InChI is InChI=1S/C15H19NO/c1-10-8-14(13(4)12(3)11(10)2)15(16-9-17)6-5-7-15/h8H,5-7H2,1-4H3. The van der Waals surface area contributed by atoms with E-state index in [1.165, 1.54) is 27.8 Å². The first-order valence-corrected chi connectivity index (χ1v) is 6.19. The zero-order valence-electron chi connectivity index (χ0n) is 11.1. The van der Waals surface area contributed by atoms with Gasteiger partial charge in [0, 0.05) is 0 Å². The highest BCUT2D eigenvalue weighted by atomic mass is 16.1. The predicted molar refractivity (Wildman–Crippen MR) is 69.0 cm³/mol. The first-order valence-electron chi connectivity index (χ1n) is 6.19. The van der Waals surface area contributed by atoms with Crippen LogP contribution in [0.15, 0.2) is 11.1 Å². The summed E-state index contributed by atoms with van der Waals surface area (Å²) in [5.74, 6) is 0. The topological polar surface area (TPSA) is 29.4 Å². The third kappa shape index (κ3) is 1.73. The molecule has 0 N–H and O–H groups in total. The lowest BCUT2D eigenvalue weighted by atomic mass is 9.70. The molecule has 0 heterocycles. The Kier molecular flexibility index (Phi) is 2.92. The number of rotatable bonds is 2. The molecule has 0 spiro atoms. The van der Waals surface area contributed by atoms with Gasteiger partial charge in [0.1, 0.15) is 0 Å². The van der Waals surface area contributed by atoms with Crippen LogP contribution < -0.4 is 0 Å². The Morgan fingerprint density at radius 3 is 2.24 bits per heavy atom. The van der Waals surface area contributed by atoms with Crippen molar-refractivity contribution in [2.24, 2.45) is 4.99 Å². The van der Waals surface area contributed by atoms with E-state index in [-0.39, 0.29) is 5.54 Å². The minimum absolute atomic E-state index is 0.269. The third-order valence-corrected chi connectivity index (χ3v) is 4.42. The summed E-state index contributed by atoms with van der Waals surface area (Å²) in [7, 11) is 0. The van der Waals surface area contributed by atoms with Crippen LogP contribution in [0.4, 0.5) is 0 Å². The van der Waals surface area contributed by atoms with Gasteiger partial charge in [-0.05, 0) is 74.8 Å². The molecule has 0 atom stereocenters. The Morgan fingerprint density at radius 1 is 1.12 bits per heavy atom. The van der Waals surface area contributed by atoms with Gasteiger partial charge < -0.3 is 0 Å². The Labute approximate surface area is 103 Å². The zero-order chi connectivity index (χ0) is 12.6. The molecule has 2 heteroatoms. The number of aryl methyl sites for hydroxylation is 1. The molecule has 0 aliphatic heterocycles. The average molecular weight is 229 g/mol. The van der Waals surface area contributed by atoms with Crippen molar-refractivity contribution in [2.45, 2.75) is 52.5 Å². The summed E-state index contributed by atoms with van der Waals surface area (Å²) in [6.45, 7) is 8.57. The maximum atomic E-state index is 10.6. The Balaban J connectivity index is 2.63. The highest BCUT2D eigenvalue weighted by Crippen LogP contribution is 2.47. The third-order valence-electron chi connectivity index (χ3n) is 4.42. The van der Waals surface area contributed by atoms with Gasteiger partial charge in [0.25, 0.3) is 0 Å². The molecule has 2 rings (SSSR count). The Morgan fingerprint density at radius 2 is 1.76 bits per heavy atom. The SMILES string of the molecule is Cc1cc(C2(N=C=O)CCC2)c(C)c(C)c1C. The first-order chi connectivity index (χ1) is 8.02. The van der Waals surface area contributed by atoms with Crippen molar-refractivity contribution in [1.29, 1.82) is 0 Å². The second-order valence-electron chi connectivity index (χ2n) is 5.20. The maximum Gasteiger partial charge on any atom is 0.235 e. The van der Waals surface area contributed by atoms with E-state index in [1.54, 1.807) is 6.08 Å². The van der Waals surface area contributed by atoms with E-state index in [1.807, 2.05) is 0 Å². The second kappa shape index (κ2) is 4.12. The van der Waals surface area contributed by atoms with E-state index in [0.29, 0.717) is 0 Å². The Bertz CT molecular complexity index is 506. The molecular formula is C15H19NO. The van der Waals surface area contributed by atoms with E-state index in [2.05, 4.69) is 38.8 Å². The Hall–Kier alpha value is -1.40. The van der Waals surface area contributed by atoms with Crippen LogP contribution in [0, 0.1) is 27.7 Å². The van der Waals surface area contributed by atoms with Crippen LogP contribution in [0.5, 0.6) is 0 Å². The van der Waals surface area contributed by atoms with Crippen molar-refractivity contribution in [3.05, 3.63) is 33.9 Å². The lowest BCUT2D eigenvalue weighted by Gasteiger charge is -2.39. The predicted octanol–water partition coefficient (Wildman–Crippen LogP) is 3.64. The fraction of sp³-hybridized carbons (Fsp3) is 0.533. The first kappa shape index (κ1) is 12.1. The van der Waals surface area contributed by atoms with E-state index >= 15 is 0 Å². The molecule has 1 aromatic rings. The number of carbonyl (C=O) groups excluding carboxylic acids is 1. The van der Waals surface area contributed by atoms with Crippen molar-refractivity contribution < 1.29 is 4.79 Å². The van der Waals surface area contributed by atoms with Crippen LogP contribution in [0.2, 0.25) is 0 Å². The molecule has 0 aromatic heterocycles. The van der Waals surface area contributed by atoms with Gasteiger partial charge >= 0.3 is 0 Å². The number of hydrogen-bond acceptors (Lipinski definition) is 2. The van der Waals surface area contributed by atoms with Gasteiger partial charge in [0.05, 0.1) is 5.54 Å². The smallest absolute Gasteiger partial charge is 0.211 e. The quantitative estimate of drug-likeness (QED) is 0.562. The second-order valence-corrected chi connectivity index (χ2v) is 5.20. The van der Waals surface area contributed by atoms with Gasteiger partial charge in [-0.15, -0.1) is 0 Å². The van der Waals surface area contributed by atoms with Gasteiger partial charge in [-0.3, -0.25) is 0 Å². The number of isocyanates is 1. The number of hydrogen-bond donors (Lipinski definition) is 0. The van der Waals surface area contributed by atoms with Crippen LogP contribution in [0.1, 0.15) is 47.1 Å². The normalized spacial score (nSPS) is 17.2. The molecule has 1 aliphatic rings. The minimum atomic E-state index is -0.269. The molecule has 1 aromatic carbocycles. The van der Waals surface area contributed by atoms with Gasteiger partial charge in [-0.1, -0.05) is 6.07 Å².